The lowest BCUT2D eigenvalue weighted by Crippen LogP contribution is -2.44. The van der Waals surface area contributed by atoms with Gasteiger partial charge in [-0.05, 0) is 24.5 Å². The summed E-state index contributed by atoms with van der Waals surface area (Å²) in [5, 5.41) is 11.7. The number of aromatic carboxylic acids is 1. The maximum absolute atomic E-state index is 12.1. The molecule has 0 aliphatic carbocycles. The van der Waals surface area contributed by atoms with Crippen LogP contribution in [0.2, 0.25) is 0 Å². The minimum atomic E-state index is -3.52. The smallest absolute Gasteiger partial charge is 0.345 e. The summed E-state index contributed by atoms with van der Waals surface area (Å²) in [5.41, 5.74) is 0. The quantitative estimate of drug-likeness (QED) is 0.696. The molecular weight excluding hydrogens is 316 g/mol. The largest absolute Gasteiger partial charge is 0.477 e. The first-order chi connectivity index (χ1) is 9.58. The first-order valence-corrected chi connectivity index (χ1v) is 8.90. The number of hydrogen-bond acceptors (Lipinski definition) is 5. The summed E-state index contributed by atoms with van der Waals surface area (Å²) in [6, 6.07) is 1.96. The monoisotopic (exact) mass is 334 g/mol. The van der Waals surface area contributed by atoms with Crippen LogP contribution < -0.4 is 10.0 Å². The van der Waals surface area contributed by atoms with E-state index in [0.29, 0.717) is 11.4 Å². The minimum Gasteiger partial charge on any atom is -0.477 e. The van der Waals surface area contributed by atoms with Crippen LogP contribution in [0, 0.1) is 5.92 Å². The third kappa shape index (κ3) is 6.23. The molecule has 1 amide bonds. The van der Waals surface area contributed by atoms with Gasteiger partial charge < -0.3 is 10.4 Å². The Labute approximate surface area is 127 Å². The van der Waals surface area contributed by atoms with E-state index in [0.717, 1.165) is 17.6 Å². The summed E-state index contributed by atoms with van der Waals surface area (Å²) in [6.45, 7) is 3.75. The van der Waals surface area contributed by atoms with Crippen LogP contribution in [0.3, 0.4) is 0 Å². The molecule has 0 spiro atoms. The molecule has 1 heterocycles. The van der Waals surface area contributed by atoms with Gasteiger partial charge in [-0.2, -0.15) is 0 Å². The van der Waals surface area contributed by atoms with Crippen molar-refractivity contribution in [3.8, 4) is 0 Å². The molecule has 1 atom stereocenters. The molecule has 118 valence electrons. The minimum absolute atomic E-state index is 0.0989. The summed E-state index contributed by atoms with van der Waals surface area (Å²) < 4.78 is 24.9. The van der Waals surface area contributed by atoms with Crippen LogP contribution >= 0.6 is 11.3 Å². The zero-order valence-electron chi connectivity index (χ0n) is 11.9. The van der Waals surface area contributed by atoms with Crippen LogP contribution in [0.4, 0.5) is 5.00 Å². The van der Waals surface area contributed by atoms with Crippen LogP contribution in [0.25, 0.3) is 0 Å². The Morgan fingerprint density at radius 2 is 1.95 bits per heavy atom. The molecule has 0 aromatic carbocycles. The molecule has 3 N–H and O–H groups in total. The zero-order valence-corrected chi connectivity index (χ0v) is 13.5. The second kappa shape index (κ2) is 7.01. The molecule has 0 bridgehead atoms. The third-order valence-electron chi connectivity index (χ3n) is 2.44. The topological polar surface area (TPSA) is 113 Å². The van der Waals surface area contributed by atoms with Crippen molar-refractivity contribution in [3.63, 3.8) is 0 Å². The van der Waals surface area contributed by atoms with Crippen molar-refractivity contribution in [2.24, 2.45) is 5.92 Å². The fraction of sp³-hybridized carbons (Fsp3) is 0.500. The summed E-state index contributed by atoms with van der Waals surface area (Å²) in [7, 11) is -3.52. The van der Waals surface area contributed by atoms with Gasteiger partial charge in [0.05, 0.1) is 11.3 Å². The Kier molecular flexibility index (Phi) is 5.87. The van der Waals surface area contributed by atoms with Gasteiger partial charge in [0.1, 0.15) is 10.9 Å². The normalized spacial score (nSPS) is 13.1. The van der Waals surface area contributed by atoms with E-state index in [1.165, 1.54) is 12.1 Å². The van der Waals surface area contributed by atoms with E-state index >= 15 is 0 Å². The fourth-order valence-electron chi connectivity index (χ4n) is 1.67. The van der Waals surface area contributed by atoms with Gasteiger partial charge >= 0.3 is 5.97 Å². The van der Waals surface area contributed by atoms with E-state index < -0.39 is 27.9 Å². The van der Waals surface area contributed by atoms with Gasteiger partial charge in [0, 0.05) is 0 Å². The Balaban J connectivity index is 2.81. The van der Waals surface area contributed by atoms with Crippen molar-refractivity contribution in [2.75, 3.05) is 11.6 Å². The summed E-state index contributed by atoms with van der Waals surface area (Å²) in [6.07, 6.45) is 1.33. The van der Waals surface area contributed by atoms with Crippen LogP contribution in [0.1, 0.15) is 29.9 Å². The van der Waals surface area contributed by atoms with E-state index in [4.69, 9.17) is 5.11 Å². The number of carboxylic acid groups (broad SMARTS) is 1. The molecular formula is C12H18N2O5S2. The predicted octanol–water partition coefficient (Wildman–Crippen LogP) is 1.35. The van der Waals surface area contributed by atoms with Gasteiger partial charge in [-0.25, -0.2) is 17.9 Å². The Morgan fingerprint density at radius 1 is 1.33 bits per heavy atom. The second-order valence-electron chi connectivity index (χ2n) is 5.03. The lowest BCUT2D eigenvalue weighted by atomic mass is 10.0. The van der Waals surface area contributed by atoms with Gasteiger partial charge in [-0.3, -0.25) is 4.79 Å². The van der Waals surface area contributed by atoms with Crippen molar-refractivity contribution in [1.82, 2.24) is 4.72 Å². The fourth-order valence-corrected chi connectivity index (χ4v) is 3.14. The van der Waals surface area contributed by atoms with Gasteiger partial charge in [0.25, 0.3) is 0 Å². The lowest BCUT2D eigenvalue weighted by Gasteiger charge is -2.18. The molecule has 1 rings (SSSR count). The van der Waals surface area contributed by atoms with Crippen LogP contribution in [0.5, 0.6) is 0 Å². The molecule has 0 aliphatic rings. The van der Waals surface area contributed by atoms with Crippen LogP contribution in [0.15, 0.2) is 12.1 Å². The summed E-state index contributed by atoms with van der Waals surface area (Å²) in [5.74, 6) is -1.46. The molecule has 0 saturated heterocycles. The maximum Gasteiger partial charge on any atom is 0.345 e. The van der Waals surface area contributed by atoms with Gasteiger partial charge in [0.2, 0.25) is 15.9 Å². The van der Waals surface area contributed by atoms with Crippen molar-refractivity contribution < 1.29 is 23.1 Å². The number of thiophene rings is 1. The van der Waals surface area contributed by atoms with Crippen molar-refractivity contribution in [3.05, 3.63) is 17.0 Å². The second-order valence-corrected chi connectivity index (χ2v) is 7.89. The van der Waals surface area contributed by atoms with Crippen molar-refractivity contribution in [1.29, 1.82) is 0 Å². The standard InChI is InChI=1S/C12H18N2O5S2/c1-7(2)6-8(14-21(3,18)19)11(15)13-10-5-4-9(20-10)12(16)17/h4-5,7-8,14H,6H2,1-3H3,(H,13,15)(H,16,17). The van der Waals surface area contributed by atoms with Crippen molar-refractivity contribution >= 4 is 38.2 Å². The lowest BCUT2D eigenvalue weighted by molar-refractivity contribution is -0.118. The van der Waals surface area contributed by atoms with Crippen molar-refractivity contribution in [2.45, 2.75) is 26.3 Å². The highest BCUT2D eigenvalue weighted by Gasteiger charge is 2.23. The molecule has 0 fully saturated rings. The highest BCUT2D eigenvalue weighted by molar-refractivity contribution is 7.88. The van der Waals surface area contributed by atoms with Gasteiger partial charge in [0.15, 0.2) is 0 Å². The Morgan fingerprint density at radius 3 is 2.38 bits per heavy atom. The molecule has 21 heavy (non-hydrogen) atoms. The Hall–Kier alpha value is -1.45. The first kappa shape index (κ1) is 17.6. The van der Waals surface area contributed by atoms with E-state index in [1.54, 1.807) is 0 Å². The number of amides is 1. The molecule has 0 saturated carbocycles. The molecule has 7 nitrogen and oxygen atoms in total. The number of anilines is 1. The number of carboxylic acids is 1. The summed E-state index contributed by atoms with van der Waals surface area (Å²) in [4.78, 5) is 23.0. The summed E-state index contributed by atoms with van der Waals surface area (Å²) >= 11 is 0.915. The SMILES string of the molecule is CC(C)CC(NS(C)(=O)=O)C(=O)Nc1ccc(C(=O)O)s1. The highest BCUT2D eigenvalue weighted by Crippen LogP contribution is 2.22. The van der Waals surface area contributed by atoms with E-state index in [1.807, 2.05) is 13.8 Å². The molecule has 1 unspecified atom stereocenters. The third-order valence-corrected chi connectivity index (χ3v) is 4.14. The van der Waals surface area contributed by atoms with E-state index in [9.17, 15) is 18.0 Å². The van der Waals surface area contributed by atoms with E-state index in [-0.39, 0.29) is 10.8 Å². The molecule has 0 aliphatic heterocycles. The van der Waals surface area contributed by atoms with Gasteiger partial charge in [-0.1, -0.05) is 13.8 Å². The van der Waals surface area contributed by atoms with Gasteiger partial charge in [-0.15, -0.1) is 11.3 Å². The number of nitrogens with one attached hydrogen (secondary N) is 2. The van der Waals surface area contributed by atoms with Crippen LogP contribution in [-0.2, 0) is 14.8 Å². The number of carbonyl (C=O) groups excluding carboxylic acids is 1. The predicted molar refractivity (Wildman–Crippen MR) is 81.1 cm³/mol. The molecule has 1 aromatic heterocycles. The molecule has 1 aromatic rings. The highest BCUT2D eigenvalue weighted by atomic mass is 32.2. The molecule has 9 heteroatoms. The number of rotatable bonds is 7. The maximum atomic E-state index is 12.1. The number of sulfonamides is 1. The van der Waals surface area contributed by atoms with E-state index in [2.05, 4.69) is 10.0 Å². The number of hydrogen-bond donors (Lipinski definition) is 3. The van der Waals surface area contributed by atoms with Crippen LogP contribution in [-0.4, -0.2) is 37.7 Å². The molecule has 0 radical (unpaired) electrons. The Bertz CT molecular complexity index is 621. The zero-order chi connectivity index (χ0) is 16.2. The first-order valence-electron chi connectivity index (χ1n) is 6.20. The number of carbonyl (C=O) groups is 2. The average molecular weight is 334 g/mol. The average Bonchev–Trinajstić information content (AvgIpc) is 2.74.